The Morgan fingerprint density at radius 3 is 3.15 bits per heavy atom. The number of rotatable bonds is 0. The van der Waals surface area contributed by atoms with Gasteiger partial charge in [0.1, 0.15) is 11.9 Å². The lowest BCUT2D eigenvalue weighted by atomic mass is 9.52. The Morgan fingerprint density at radius 2 is 2.25 bits per heavy atom. The molecular weight excluding hydrogens is 250 g/mol. The van der Waals surface area contributed by atoms with Crippen molar-refractivity contribution in [2.75, 3.05) is 13.6 Å². The highest BCUT2D eigenvalue weighted by Gasteiger charge is 2.63. The van der Waals surface area contributed by atoms with Crippen molar-refractivity contribution in [1.29, 1.82) is 0 Å². The first-order valence-electron chi connectivity index (χ1n) is 7.57. The van der Waals surface area contributed by atoms with E-state index in [1.165, 1.54) is 11.1 Å². The summed E-state index contributed by atoms with van der Waals surface area (Å²) in [5, 5.41) is 10.6. The highest BCUT2D eigenvalue weighted by Crippen LogP contribution is 2.60. The fraction of sp³-hybridized carbons (Fsp3) is 0.529. The van der Waals surface area contributed by atoms with Gasteiger partial charge < -0.3 is 14.7 Å². The lowest BCUT2D eigenvalue weighted by molar-refractivity contribution is -0.0574. The van der Waals surface area contributed by atoms with Gasteiger partial charge in [0.15, 0.2) is 0 Å². The molecule has 2 bridgehead atoms. The summed E-state index contributed by atoms with van der Waals surface area (Å²) in [7, 11) is 2.20. The van der Waals surface area contributed by atoms with Crippen LogP contribution in [0.3, 0.4) is 0 Å². The molecule has 1 saturated heterocycles. The van der Waals surface area contributed by atoms with Crippen LogP contribution in [0.4, 0.5) is 0 Å². The van der Waals surface area contributed by atoms with Gasteiger partial charge in [0, 0.05) is 22.9 Å². The third-order valence-corrected chi connectivity index (χ3v) is 6.07. The van der Waals surface area contributed by atoms with Crippen LogP contribution in [-0.2, 0) is 11.8 Å². The molecule has 5 atom stereocenters. The summed E-state index contributed by atoms with van der Waals surface area (Å²) in [4.78, 5) is 2.43. The Bertz CT molecular complexity index is 625. The van der Waals surface area contributed by atoms with E-state index in [0.717, 1.165) is 25.1 Å². The lowest BCUT2D eigenvalue weighted by Gasteiger charge is -2.57. The SMILES string of the molecule is CN1CC[C@]23c4c5cccc4OC2C=C[C@@H](O)[C@H]3[C@H]1C5. The van der Waals surface area contributed by atoms with E-state index >= 15 is 0 Å². The van der Waals surface area contributed by atoms with Crippen LogP contribution in [-0.4, -0.2) is 41.8 Å². The average Bonchev–Trinajstić information content (AvgIpc) is 2.77. The van der Waals surface area contributed by atoms with Crippen molar-refractivity contribution >= 4 is 0 Å². The van der Waals surface area contributed by atoms with E-state index in [9.17, 15) is 5.11 Å². The minimum atomic E-state index is -0.345. The number of piperidine rings is 1. The van der Waals surface area contributed by atoms with Crippen molar-refractivity contribution in [3.8, 4) is 5.75 Å². The van der Waals surface area contributed by atoms with Crippen LogP contribution in [0.25, 0.3) is 0 Å². The van der Waals surface area contributed by atoms with Gasteiger partial charge in [0.05, 0.1) is 6.10 Å². The zero-order valence-electron chi connectivity index (χ0n) is 11.6. The predicted octanol–water partition coefficient (Wildman–Crippen LogP) is 1.49. The maximum absolute atomic E-state index is 10.6. The van der Waals surface area contributed by atoms with Crippen LogP contribution in [0.15, 0.2) is 30.4 Å². The summed E-state index contributed by atoms with van der Waals surface area (Å²) in [6.45, 7) is 1.09. The number of aliphatic hydroxyl groups is 1. The second-order valence-electron chi connectivity index (χ2n) is 6.77. The Balaban J connectivity index is 1.84. The monoisotopic (exact) mass is 269 g/mol. The number of likely N-dealkylation sites (tertiary alicyclic amines) is 1. The number of hydrogen-bond acceptors (Lipinski definition) is 3. The van der Waals surface area contributed by atoms with Gasteiger partial charge in [-0.05, 0) is 44.1 Å². The molecule has 104 valence electrons. The zero-order valence-corrected chi connectivity index (χ0v) is 11.6. The third-order valence-electron chi connectivity index (χ3n) is 6.07. The number of benzene rings is 1. The van der Waals surface area contributed by atoms with Crippen LogP contribution in [0.1, 0.15) is 17.5 Å². The minimum Gasteiger partial charge on any atom is -0.485 e. The molecule has 1 aromatic rings. The number of nitrogens with zero attached hydrogens (tertiary/aromatic N) is 1. The second kappa shape index (κ2) is 3.46. The Hall–Kier alpha value is -1.32. The molecule has 1 spiro atoms. The maximum atomic E-state index is 10.6. The molecule has 1 N–H and O–H groups in total. The molecule has 5 rings (SSSR count). The molecule has 2 aliphatic heterocycles. The molecular formula is C17H19NO2. The van der Waals surface area contributed by atoms with Gasteiger partial charge in [-0.25, -0.2) is 0 Å². The standard InChI is InChI=1S/C17H19NO2/c1-18-8-7-17-14-6-5-12(19)16(17)11(18)9-10-3-2-4-13(20-14)15(10)17/h2-6,11-12,14,16,19H,7-9H2,1H3/t11-,12-,14?,16-,17-/m1/s1. The van der Waals surface area contributed by atoms with Crippen molar-refractivity contribution in [1.82, 2.24) is 4.90 Å². The van der Waals surface area contributed by atoms with Crippen molar-refractivity contribution in [3.05, 3.63) is 41.5 Å². The predicted molar refractivity (Wildman–Crippen MR) is 75.9 cm³/mol. The topological polar surface area (TPSA) is 32.7 Å². The molecule has 0 aromatic heterocycles. The van der Waals surface area contributed by atoms with Gasteiger partial charge in [-0.3, -0.25) is 0 Å². The molecule has 1 fully saturated rings. The highest BCUT2D eigenvalue weighted by atomic mass is 16.5. The first-order chi connectivity index (χ1) is 9.72. The normalized spacial score (nSPS) is 44.1. The average molecular weight is 269 g/mol. The summed E-state index contributed by atoms with van der Waals surface area (Å²) < 4.78 is 6.25. The van der Waals surface area contributed by atoms with Crippen LogP contribution in [0, 0.1) is 5.92 Å². The molecule has 0 saturated carbocycles. The molecule has 0 amide bonds. The summed E-state index contributed by atoms with van der Waals surface area (Å²) in [5.74, 6) is 1.33. The highest BCUT2D eigenvalue weighted by molar-refractivity contribution is 5.56. The van der Waals surface area contributed by atoms with Crippen molar-refractivity contribution in [3.63, 3.8) is 0 Å². The van der Waals surface area contributed by atoms with Crippen LogP contribution in [0.5, 0.6) is 5.75 Å². The quantitative estimate of drug-likeness (QED) is 0.724. The number of aliphatic hydroxyl groups excluding tert-OH is 1. The Morgan fingerprint density at radius 1 is 1.35 bits per heavy atom. The summed E-state index contributed by atoms with van der Waals surface area (Å²) in [6, 6.07) is 6.88. The van der Waals surface area contributed by atoms with Gasteiger partial charge in [0.2, 0.25) is 0 Å². The van der Waals surface area contributed by atoms with E-state index in [1.807, 2.05) is 6.08 Å². The Labute approximate surface area is 118 Å². The van der Waals surface area contributed by atoms with E-state index in [4.69, 9.17) is 4.74 Å². The molecule has 4 aliphatic rings. The molecule has 2 heterocycles. The summed E-state index contributed by atoms with van der Waals surface area (Å²) >= 11 is 0. The molecule has 3 heteroatoms. The van der Waals surface area contributed by atoms with E-state index in [-0.39, 0.29) is 23.5 Å². The van der Waals surface area contributed by atoms with E-state index < -0.39 is 0 Å². The smallest absolute Gasteiger partial charge is 0.127 e. The fourth-order valence-corrected chi connectivity index (χ4v) is 5.28. The number of likely N-dealkylation sites (N-methyl/N-ethyl adjacent to an activating group) is 1. The van der Waals surface area contributed by atoms with Gasteiger partial charge in [-0.1, -0.05) is 18.2 Å². The largest absolute Gasteiger partial charge is 0.485 e. The minimum absolute atomic E-state index is 0.00944. The lowest BCUT2D eigenvalue weighted by Crippen LogP contribution is -2.65. The van der Waals surface area contributed by atoms with Gasteiger partial charge >= 0.3 is 0 Å². The molecule has 1 aromatic carbocycles. The number of ether oxygens (including phenoxy) is 1. The van der Waals surface area contributed by atoms with Crippen molar-refractivity contribution < 1.29 is 9.84 Å². The van der Waals surface area contributed by atoms with Crippen LogP contribution in [0.2, 0.25) is 0 Å². The molecule has 1 unspecified atom stereocenters. The molecule has 20 heavy (non-hydrogen) atoms. The fourth-order valence-electron chi connectivity index (χ4n) is 5.28. The first kappa shape index (κ1) is 11.4. The van der Waals surface area contributed by atoms with E-state index in [2.05, 4.69) is 36.2 Å². The van der Waals surface area contributed by atoms with Crippen molar-refractivity contribution in [2.45, 2.75) is 36.5 Å². The Kier molecular flexibility index (Phi) is 1.97. The molecule has 2 aliphatic carbocycles. The van der Waals surface area contributed by atoms with Gasteiger partial charge in [0.25, 0.3) is 0 Å². The summed E-state index contributed by atoms with van der Waals surface area (Å²) in [6.07, 6.45) is 5.94. The van der Waals surface area contributed by atoms with Gasteiger partial charge in [-0.2, -0.15) is 0 Å². The van der Waals surface area contributed by atoms with E-state index in [1.54, 1.807) is 0 Å². The van der Waals surface area contributed by atoms with Gasteiger partial charge in [-0.15, -0.1) is 0 Å². The van der Waals surface area contributed by atoms with E-state index in [0.29, 0.717) is 6.04 Å². The maximum Gasteiger partial charge on any atom is 0.127 e. The van der Waals surface area contributed by atoms with Crippen molar-refractivity contribution in [2.24, 2.45) is 5.92 Å². The third kappa shape index (κ3) is 1.08. The second-order valence-corrected chi connectivity index (χ2v) is 6.77. The number of hydrogen-bond donors (Lipinski definition) is 1. The van der Waals surface area contributed by atoms with Crippen LogP contribution >= 0.6 is 0 Å². The van der Waals surface area contributed by atoms with Crippen LogP contribution < -0.4 is 4.74 Å². The zero-order chi connectivity index (χ0) is 13.5. The summed E-state index contributed by atoms with van der Waals surface area (Å²) in [5.41, 5.74) is 2.85. The molecule has 0 radical (unpaired) electrons. The first-order valence-corrected chi connectivity index (χ1v) is 7.57. The molecule has 3 nitrogen and oxygen atoms in total.